The second kappa shape index (κ2) is 11.7. The first kappa shape index (κ1) is 22.3. The van der Waals surface area contributed by atoms with Gasteiger partial charge in [0, 0.05) is 10.5 Å². The maximum absolute atomic E-state index is 12.0. The van der Waals surface area contributed by atoms with Crippen LogP contribution in [0, 0.1) is 0 Å². The molecule has 0 aliphatic heterocycles. The standard InChI is InChI=1S/C23H28BrN3O3/c1-29-22-13-18(9-12-21(22)30-16-17-7-10-19(24)11-8-17)14-26-27-23(28)15-25-20-5-3-2-4-6-20/h7-14,20,25H,2-6,15-16H2,1H3,(H,27,28)/b26-14-. The average molecular weight is 474 g/mol. The Labute approximate surface area is 186 Å². The fraction of sp³-hybridized carbons (Fsp3) is 0.391. The van der Waals surface area contributed by atoms with Crippen LogP contribution in [0.2, 0.25) is 0 Å². The van der Waals surface area contributed by atoms with Crippen molar-refractivity contribution in [3.05, 3.63) is 58.1 Å². The highest BCUT2D eigenvalue weighted by Crippen LogP contribution is 2.28. The van der Waals surface area contributed by atoms with Gasteiger partial charge in [-0.05, 0) is 54.3 Å². The van der Waals surface area contributed by atoms with Gasteiger partial charge in [0.1, 0.15) is 6.61 Å². The average Bonchev–Trinajstić information content (AvgIpc) is 2.78. The van der Waals surface area contributed by atoms with E-state index in [0.717, 1.165) is 28.4 Å². The van der Waals surface area contributed by atoms with E-state index in [1.165, 1.54) is 19.3 Å². The van der Waals surface area contributed by atoms with E-state index in [1.807, 2.05) is 42.5 Å². The summed E-state index contributed by atoms with van der Waals surface area (Å²) in [6, 6.07) is 14.0. The number of halogens is 1. The van der Waals surface area contributed by atoms with E-state index in [4.69, 9.17) is 9.47 Å². The van der Waals surface area contributed by atoms with Crippen molar-refractivity contribution >= 4 is 28.1 Å². The number of nitrogens with zero attached hydrogens (tertiary/aromatic N) is 1. The molecule has 0 atom stereocenters. The predicted molar refractivity (Wildman–Crippen MR) is 122 cm³/mol. The summed E-state index contributed by atoms with van der Waals surface area (Å²) in [5.74, 6) is 1.12. The smallest absolute Gasteiger partial charge is 0.254 e. The summed E-state index contributed by atoms with van der Waals surface area (Å²) < 4.78 is 12.3. The van der Waals surface area contributed by atoms with Gasteiger partial charge in [-0.3, -0.25) is 4.79 Å². The Bertz CT molecular complexity index is 849. The molecule has 0 spiro atoms. The van der Waals surface area contributed by atoms with Crippen LogP contribution in [0.4, 0.5) is 0 Å². The van der Waals surface area contributed by atoms with E-state index < -0.39 is 0 Å². The summed E-state index contributed by atoms with van der Waals surface area (Å²) in [6.07, 6.45) is 7.66. The number of carbonyl (C=O) groups excluding carboxylic acids is 1. The number of hydrogen-bond acceptors (Lipinski definition) is 5. The molecule has 0 heterocycles. The molecule has 1 amide bonds. The minimum absolute atomic E-state index is 0.141. The molecule has 30 heavy (non-hydrogen) atoms. The van der Waals surface area contributed by atoms with Crippen LogP contribution >= 0.6 is 15.9 Å². The van der Waals surface area contributed by atoms with Gasteiger partial charge in [0.2, 0.25) is 0 Å². The summed E-state index contributed by atoms with van der Waals surface area (Å²) in [4.78, 5) is 12.0. The number of carbonyl (C=O) groups is 1. The predicted octanol–water partition coefficient (Wildman–Crippen LogP) is 4.41. The number of hydrogen-bond donors (Lipinski definition) is 2. The van der Waals surface area contributed by atoms with E-state index in [9.17, 15) is 4.79 Å². The second-order valence-electron chi connectivity index (χ2n) is 7.33. The molecule has 2 aromatic carbocycles. The molecule has 7 heteroatoms. The van der Waals surface area contributed by atoms with E-state index in [2.05, 4.69) is 31.8 Å². The summed E-state index contributed by atoms with van der Waals surface area (Å²) >= 11 is 3.43. The van der Waals surface area contributed by atoms with Gasteiger partial charge in [-0.25, -0.2) is 5.43 Å². The van der Waals surface area contributed by atoms with Crippen molar-refractivity contribution in [2.45, 2.75) is 44.8 Å². The molecule has 0 saturated heterocycles. The first-order valence-electron chi connectivity index (χ1n) is 10.2. The normalized spacial score (nSPS) is 14.6. The van der Waals surface area contributed by atoms with Crippen molar-refractivity contribution in [2.24, 2.45) is 5.10 Å². The van der Waals surface area contributed by atoms with Crippen molar-refractivity contribution in [1.82, 2.24) is 10.7 Å². The van der Waals surface area contributed by atoms with Crippen molar-refractivity contribution < 1.29 is 14.3 Å². The zero-order valence-corrected chi connectivity index (χ0v) is 18.8. The third-order valence-electron chi connectivity index (χ3n) is 5.05. The highest BCUT2D eigenvalue weighted by molar-refractivity contribution is 9.10. The zero-order valence-electron chi connectivity index (χ0n) is 17.2. The molecule has 3 rings (SSSR count). The molecular weight excluding hydrogens is 446 g/mol. The first-order valence-corrected chi connectivity index (χ1v) is 11.0. The molecule has 0 unspecified atom stereocenters. The quantitative estimate of drug-likeness (QED) is 0.417. The molecule has 160 valence electrons. The Hall–Kier alpha value is -2.38. The van der Waals surface area contributed by atoms with Gasteiger partial charge in [-0.15, -0.1) is 0 Å². The van der Waals surface area contributed by atoms with Crippen LogP contribution in [-0.4, -0.2) is 31.8 Å². The van der Waals surface area contributed by atoms with Gasteiger partial charge in [-0.1, -0.05) is 47.3 Å². The third-order valence-corrected chi connectivity index (χ3v) is 5.58. The largest absolute Gasteiger partial charge is 0.493 e. The monoisotopic (exact) mass is 473 g/mol. The maximum atomic E-state index is 12.0. The van der Waals surface area contributed by atoms with Crippen LogP contribution in [0.15, 0.2) is 52.0 Å². The number of nitrogens with one attached hydrogen (secondary N) is 2. The Morgan fingerprint density at radius 1 is 1.13 bits per heavy atom. The second-order valence-corrected chi connectivity index (χ2v) is 8.25. The lowest BCUT2D eigenvalue weighted by molar-refractivity contribution is -0.120. The Kier molecular flexibility index (Phi) is 8.71. The topological polar surface area (TPSA) is 72.0 Å². The van der Waals surface area contributed by atoms with Crippen LogP contribution in [-0.2, 0) is 11.4 Å². The SMILES string of the molecule is COc1cc(/C=N\NC(=O)CNC2CCCCC2)ccc1OCc1ccc(Br)cc1. The Balaban J connectivity index is 1.48. The van der Waals surface area contributed by atoms with Crippen LogP contribution in [0.1, 0.15) is 43.2 Å². The molecule has 2 N–H and O–H groups in total. The van der Waals surface area contributed by atoms with E-state index >= 15 is 0 Å². The molecule has 0 radical (unpaired) electrons. The van der Waals surface area contributed by atoms with Crippen molar-refractivity contribution in [3.8, 4) is 11.5 Å². The molecular formula is C23H28BrN3O3. The van der Waals surface area contributed by atoms with E-state index in [0.29, 0.717) is 24.1 Å². The van der Waals surface area contributed by atoms with Gasteiger partial charge in [0.25, 0.3) is 5.91 Å². The minimum Gasteiger partial charge on any atom is -0.493 e. The van der Waals surface area contributed by atoms with Crippen molar-refractivity contribution in [1.29, 1.82) is 0 Å². The summed E-state index contributed by atoms with van der Waals surface area (Å²) in [6.45, 7) is 0.731. The lowest BCUT2D eigenvalue weighted by atomic mass is 9.95. The van der Waals surface area contributed by atoms with Gasteiger partial charge < -0.3 is 14.8 Å². The Morgan fingerprint density at radius 3 is 2.63 bits per heavy atom. The highest BCUT2D eigenvalue weighted by atomic mass is 79.9. The third kappa shape index (κ3) is 7.15. The molecule has 1 aliphatic carbocycles. The van der Waals surface area contributed by atoms with Crippen LogP contribution in [0.25, 0.3) is 0 Å². The fourth-order valence-electron chi connectivity index (χ4n) is 3.39. The molecule has 1 saturated carbocycles. The number of amides is 1. The summed E-state index contributed by atoms with van der Waals surface area (Å²) in [7, 11) is 1.60. The molecule has 6 nitrogen and oxygen atoms in total. The number of ether oxygens (including phenoxy) is 2. The van der Waals surface area contributed by atoms with Gasteiger partial charge in [0.05, 0.1) is 19.9 Å². The zero-order chi connectivity index (χ0) is 21.2. The number of benzene rings is 2. The van der Waals surface area contributed by atoms with Crippen LogP contribution in [0.3, 0.4) is 0 Å². The summed E-state index contributed by atoms with van der Waals surface area (Å²) in [5.41, 5.74) is 4.44. The van der Waals surface area contributed by atoms with Crippen molar-refractivity contribution in [2.75, 3.05) is 13.7 Å². The van der Waals surface area contributed by atoms with Gasteiger partial charge in [-0.2, -0.15) is 5.10 Å². The first-order chi connectivity index (χ1) is 14.6. The molecule has 0 aromatic heterocycles. The van der Waals surface area contributed by atoms with E-state index in [1.54, 1.807) is 13.3 Å². The van der Waals surface area contributed by atoms with Crippen LogP contribution in [0.5, 0.6) is 11.5 Å². The van der Waals surface area contributed by atoms with Gasteiger partial charge in [0.15, 0.2) is 11.5 Å². The summed E-state index contributed by atoms with van der Waals surface area (Å²) in [5, 5.41) is 7.35. The van der Waals surface area contributed by atoms with Crippen LogP contribution < -0.4 is 20.2 Å². The minimum atomic E-state index is -0.141. The fourth-order valence-corrected chi connectivity index (χ4v) is 3.65. The highest BCUT2D eigenvalue weighted by Gasteiger charge is 2.13. The maximum Gasteiger partial charge on any atom is 0.254 e. The molecule has 1 aliphatic rings. The van der Waals surface area contributed by atoms with Gasteiger partial charge >= 0.3 is 0 Å². The molecule has 1 fully saturated rings. The van der Waals surface area contributed by atoms with E-state index in [-0.39, 0.29) is 12.5 Å². The molecule has 0 bridgehead atoms. The molecule has 2 aromatic rings. The Morgan fingerprint density at radius 2 is 1.90 bits per heavy atom. The number of methoxy groups -OCH3 is 1. The van der Waals surface area contributed by atoms with Crippen molar-refractivity contribution in [3.63, 3.8) is 0 Å². The number of hydrazone groups is 1. The number of rotatable bonds is 9. The lowest BCUT2D eigenvalue weighted by Crippen LogP contribution is -2.38. The lowest BCUT2D eigenvalue weighted by Gasteiger charge is -2.22.